The number of nitrogens with one attached hydrogen (secondary N) is 1. The fourth-order valence-electron chi connectivity index (χ4n) is 3.65. The van der Waals surface area contributed by atoms with Crippen LogP contribution >= 0.6 is 23.3 Å². The lowest BCUT2D eigenvalue weighted by molar-refractivity contribution is -0.142. The Labute approximate surface area is 241 Å². The van der Waals surface area contributed by atoms with Crippen molar-refractivity contribution in [2.45, 2.75) is 31.3 Å². The maximum atomic E-state index is 13.1. The summed E-state index contributed by atoms with van der Waals surface area (Å²) in [5.74, 6) is 0.180. The van der Waals surface area contributed by atoms with Crippen molar-refractivity contribution >= 4 is 40.3 Å². The van der Waals surface area contributed by atoms with Gasteiger partial charge < -0.3 is 23.7 Å². The number of carbonyl (C=O) groups excluding carboxylic acids is 2. The predicted octanol–water partition coefficient (Wildman–Crippen LogP) is 4.44. The normalized spacial score (nSPS) is 14.4. The molecule has 1 amide bonds. The first-order valence-electron chi connectivity index (χ1n) is 12.8. The van der Waals surface area contributed by atoms with Crippen molar-refractivity contribution in [2.24, 2.45) is 0 Å². The number of nitrogens with zero attached hydrogens (tertiary/aromatic N) is 3. The van der Waals surface area contributed by atoms with Gasteiger partial charge in [-0.2, -0.15) is 4.98 Å². The number of benzene rings is 1. The maximum Gasteiger partial charge on any atom is 0.311 e. The highest BCUT2D eigenvalue weighted by Crippen LogP contribution is 2.29. The summed E-state index contributed by atoms with van der Waals surface area (Å²) in [7, 11) is 1.58. The molecule has 3 aromatic rings. The smallest absolute Gasteiger partial charge is 0.311 e. The highest BCUT2D eigenvalue weighted by molar-refractivity contribution is 7.97. The first kappa shape index (κ1) is 29.7. The Morgan fingerprint density at radius 2 is 1.90 bits per heavy atom. The number of aromatic nitrogens is 2. The highest BCUT2D eigenvalue weighted by atomic mass is 32.2. The van der Waals surface area contributed by atoms with Crippen LogP contribution in [-0.4, -0.2) is 78.9 Å². The topological polar surface area (TPSA) is 121 Å². The number of thiazole rings is 1. The molecule has 1 atom stereocenters. The zero-order chi connectivity index (χ0) is 28.3. The quantitative estimate of drug-likeness (QED) is 0.225. The first-order chi connectivity index (χ1) is 19.4. The number of hydrogen-bond acceptors (Lipinski definition) is 12. The van der Waals surface area contributed by atoms with Gasteiger partial charge in [0.2, 0.25) is 11.8 Å². The fourth-order valence-corrected chi connectivity index (χ4v) is 5.24. The number of rotatable bonds is 13. The molecule has 40 heavy (non-hydrogen) atoms. The van der Waals surface area contributed by atoms with Gasteiger partial charge in [-0.15, -0.1) is 11.3 Å². The van der Waals surface area contributed by atoms with Crippen molar-refractivity contribution in [1.82, 2.24) is 14.3 Å². The summed E-state index contributed by atoms with van der Waals surface area (Å²) in [6.45, 7) is 7.43. The zero-order valence-corrected chi connectivity index (χ0v) is 24.2. The molecule has 214 valence electrons. The van der Waals surface area contributed by atoms with Gasteiger partial charge in [0.1, 0.15) is 11.9 Å². The van der Waals surface area contributed by atoms with Crippen molar-refractivity contribution in [1.29, 1.82) is 0 Å². The average molecular weight is 589 g/mol. The van der Waals surface area contributed by atoms with Crippen LogP contribution in [0.25, 0.3) is 0 Å². The molecule has 1 unspecified atom stereocenters. The van der Waals surface area contributed by atoms with Gasteiger partial charge in [0.05, 0.1) is 44.1 Å². The van der Waals surface area contributed by atoms with E-state index < -0.39 is 5.91 Å². The zero-order valence-electron chi connectivity index (χ0n) is 22.6. The summed E-state index contributed by atoms with van der Waals surface area (Å²) in [4.78, 5) is 34.7. The number of carbonyl (C=O) groups is 2. The number of morpholine rings is 1. The van der Waals surface area contributed by atoms with Gasteiger partial charge in [-0.1, -0.05) is 0 Å². The third kappa shape index (κ3) is 9.17. The average Bonchev–Trinajstić information content (AvgIpc) is 3.36. The fraction of sp³-hybridized carbons (Fsp3) is 0.407. The molecule has 1 saturated heterocycles. The van der Waals surface area contributed by atoms with Crippen molar-refractivity contribution in [3.05, 3.63) is 53.0 Å². The minimum atomic E-state index is -0.425. The molecule has 3 heterocycles. The van der Waals surface area contributed by atoms with Crippen LogP contribution in [0.2, 0.25) is 0 Å². The van der Waals surface area contributed by atoms with E-state index in [1.165, 1.54) is 23.5 Å². The molecule has 0 radical (unpaired) electrons. The van der Waals surface area contributed by atoms with Crippen LogP contribution in [0.1, 0.15) is 29.9 Å². The van der Waals surface area contributed by atoms with E-state index in [4.69, 9.17) is 23.7 Å². The SMILES string of the molecule is CCOC(=O)Cc1csc(NC(=O)c2cc(Oc3ccc(SN4CCOCC4)cc3)nc(OC(C)COC)c2)n1. The summed E-state index contributed by atoms with van der Waals surface area (Å²) in [6, 6.07) is 10.7. The first-order valence-corrected chi connectivity index (χ1v) is 14.4. The van der Waals surface area contributed by atoms with Crippen molar-refractivity contribution in [3.63, 3.8) is 0 Å². The third-order valence-corrected chi connectivity index (χ3v) is 7.33. The Hall–Kier alpha value is -3.23. The number of pyridine rings is 1. The molecular weight excluding hydrogens is 556 g/mol. The van der Waals surface area contributed by atoms with E-state index in [9.17, 15) is 9.59 Å². The molecule has 2 aromatic heterocycles. The monoisotopic (exact) mass is 588 g/mol. The minimum absolute atomic E-state index is 0.0343. The van der Waals surface area contributed by atoms with Gasteiger partial charge in [-0.3, -0.25) is 14.9 Å². The molecule has 0 saturated carbocycles. The number of ether oxygens (including phenoxy) is 5. The number of esters is 1. The molecule has 1 aromatic carbocycles. The van der Waals surface area contributed by atoms with Crippen LogP contribution in [0.3, 0.4) is 0 Å². The number of methoxy groups -OCH3 is 1. The van der Waals surface area contributed by atoms with Gasteiger partial charge in [0.15, 0.2) is 5.13 Å². The van der Waals surface area contributed by atoms with E-state index in [-0.39, 0.29) is 35.8 Å². The summed E-state index contributed by atoms with van der Waals surface area (Å²) >= 11 is 2.89. The predicted molar refractivity (Wildman–Crippen MR) is 151 cm³/mol. The van der Waals surface area contributed by atoms with Crippen LogP contribution in [0.5, 0.6) is 17.5 Å². The third-order valence-electron chi connectivity index (χ3n) is 5.42. The van der Waals surface area contributed by atoms with E-state index in [1.54, 1.807) is 31.4 Å². The van der Waals surface area contributed by atoms with Gasteiger partial charge >= 0.3 is 5.97 Å². The van der Waals surface area contributed by atoms with Crippen LogP contribution in [-0.2, 0) is 25.4 Å². The summed E-state index contributed by atoms with van der Waals surface area (Å²) < 4.78 is 29.7. The van der Waals surface area contributed by atoms with Crippen molar-refractivity contribution in [3.8, 4) is 17.5 Å². The highest BCUT2D eigenvalue weighted by Gasteiger charge is 2.17. The summed E-state index contributed by atoms with van der Waals surface area (Å²) in [6.07, 6.45) is -0.267. The molecule has 11 nitrogen and oxygen atoms in total. The molecule has 1 aliphatic heterocycles. The van der Waals surface area contributed by atoms with Gasteiger partial charge in [-0.05, 0) is 50.1 Å². The van der Waals surface area contributed by atoms with Crippen LogP contribution in [0.4, 0.5) is 5.13 Å². The minimum Gasteiger partial charge on any atom is -0.472 e. The Kier molecular flexibility index (Phi) is 11.1. The molecule has 1 aliphatic rings. The Bertz CT molecular complexity index is 1270. The lowest BCUT2D eigenvalue weighted by Crippen LogP contribution is -2.30. The number of amides is 1. The molecule has 1 N–H and O–H groups in total. The number of hydrogen-bond donors (Lipinski definition) is 1. The second kappa shape index (κ2) is 15.0. The van der Waals surface area contributed by atoms with Crippen molar-refractivity contribution < 1.29 is 33.3 Å². The van der Waals surface area contributed by atoms with Gasteiger partial charge in [-0.25, -0.2) is 9.29 Å². The largest absolute Gasteiger partial charge is 0.472 e. The maximum absolute atomic E-state index is 13.1. The van der Waals surface area contributed by atoms with Crippen LogP contribution in [0, 0.1) is 0 Å². The summed E-state index contributed by atoms with van der Waals surface area (Å²) in [5.41, 5.74) is 0.788. The Morgan fingerprint density at radius 3 is 2.62 bits per heavy atom. The second-order valence-corrected chi connectivity index (χ2v) is 10.7. The van der Waals surface area contributed by atoms with E-state index >= 15 is 0 Å². The molecule has 13 heteroatoms. The standard InChI is InChI=1S/C27H32N4O7S2/c1-4-36-25(32)15-20-17-39-27(28-20)30-26(33)19-13-23(37-18(2)16-34-3)29-24(14-19)38-21-5-7-22(8-6-21)40-31-9-11-35-12-10-31/h5-8,13-14,17-18H,4,9-12,15-16H2,1-3H3,(H,28,30,33). The second-order valence-electron chi connectivity index (χ2n) is 8.70. The van der Waals surface area contributed by atoms with Crippen LogP contribution in [0.15, 0.2) is 46.7 Å². The Balaban J connectivity index is 1.47. The van der Waals surface area contributed by atoms with E-state index in [0.29, 0.717) is 29.8 Å². The molecule has 4 rings (SSSR count). The molecular formula is C27H32N4O7S2. The summed E-state index contributed by atoms with van der Waals surface area (Å²) in [5, 5.41) is 4.82. The lowest BCUT2D eigenvalue weighted by Gasteiger charge is -2.25. The lowest BCUT2D eigenvalue weighted by atomic mass is 10.2. The van der Waals surface area contributed by atoms with Gasteiger partial charge in [0.25, 0.3) is 5.91 Å². The number of anilines is 1. The van der Waals surface area contributed by atoms with Gasteiger partial charge in [0, 0.05) is 42.6 Å². The molecule has 0 aliphatic carbocycles. The van der Waals surface area contributed by atoms with E-state index in [1.807, 2.05) is 31.2 Å². The molecule has 1 fully saturated rings. The van der Waals surface area contributed by atoms with E-state index in [2.05, 4.69) is 19.6 Å². The van der Waals surface area contributed by atoms with Crippen LogP contribution < -0.4 is 14.8 Å². The Morgan fingerprint density at radius 1 is 1.15 bits per heavy atom. The molecule has 0 spiro atoms. The van der Waals surface area contributed by atoms with Crippen molar-refractivity contribution in [2.75, 3.05) is 51.9 Å². The van der Waals surface area contributed by atoms with E-state index in [0.717, 1.165) is 31.2 Å². The molecule has 0 bridgehead atoms.